The van der Waals surface area contributed by atoms with Crippen molar-refractivity contribution in [1.29, 1.82) is 0 Å². The number of aromatic nitrogens is 2. The van der Waals surface area contributed by atoms with E-state index < -0.39 is 5.97 Å². The minimum Gasteiger partial charge on any atom is -0.462 e. The van der Waals surface area contributed by atoms with E-state index in [9.17, 15) is 9.59 Å². The van der Waals surface area contributed by atoms with Crippen LogP contribution < -0.4 is 5.56 Å². The maximum Gasteiger partial charge on any atom is 0.345 e. The average Bonchev–Trinajstić information content (AvgIpc) is 2.29. The van der Waals surface area contributed by atoms with Gasteiger partial charge in [-0.05, 0) is 13.8 Å². The maximum atomic E-state index is 11.5. The van der Waals surface area contributed by atoms with Crippen LogP contribution in [-0.2, 0) is 11.8 Å². The van der Waals surface area contributed by atoms with Crippen LogP contribution in [0.3, 0.4) is 0 Å². The summed E-state index contributed by atoms with van der Waals surface area (Å²) < 4.78 is 6.02. The average molecular weight is 226 g/mol. The van der Waals surface area contributed by atoms with Gasteiger partial charge in [0.15, 0.2) is 0 Å². The molecule has 0 fully saturated rings. The Morgan fingerprint density at radius 3 is 2.56 bits per heavy atom. The number of carbonyl (C=O) groups is 1. The Hall–Kier alpha value is -1.65. The van der Waals surface area contributed by atoms with Gasteiger partial charge in [-0.3, -0.25) is 9.36 Å². The molecule has 0 bridgehead atoms. The molecular weight excluding hydrogens is 208 g/mol. The molecule has 0 aliphatic rings. The standard InChI is InChI=1S/C9H12N2O3.C2H6/c1-4-14-9(13)7-5-10-6(2)11(3)8(7)12;1-2/h5H,4H2,1-3H3;1-2H3. The minimum absolute atomic E-state index is 0.0278. The molecule has 90 valence electrons. The highest BCUT2D eigenvalue weighted by Crippen LogP contribution is 1.94. The van der Waals surface area contributed by atoms with Gasteiger partial charge in [-0.25, -0.2) is 9.78 Å². The summed E-state index contributed by atoms with van der Waals surface area (Å²) in [7, 11) is 1.56. The summed E-state index contributed by atoms with van der Waals surface area (Å²) >= 11 is 0. The molecule has 0 saturated heterocycles. The fraction of sp³-hybridized carbons (Fsp3) is 0.545. The Morgan fingerprint density at radius 2 is 2.06 bits per heavy atom. The normalized spacial score (nSPS) is 9.06. The second-order valence-electron chi connectivity index (χ2n) is 2.80. The van der Waals surface area contributed by atoms with Crippen LogP contribution in [-0.4, -0.2) is 22.1 Å². The molecular formula is C11H18N2O3. The van der Waals surface area contributed by atoms with E-state index >= 15 is 0 Å². The van der Waals surface area contributed by atoms with Gasteiger partial charge in [0, 0.05) is 13.2 Å². The van der Waals surface area contributed by atoms with Gasteiger partial charge in [0.05, 0.1) is 6.61 Å². The summed E-state index contributed by atoms with van der Waals surface area (Å²) in [6, 6.07) is 0. The summed E-state index contributed by atoms with van der Waals surface area (Å²) in [5.41, 5.74) is -0.407. The van der Waals surface area contributed by atoms with Crippen LogP contribution in [0.4, 0.5) is 0 Å². The number of carbonyl (C=O) groups excluding carboxylic acids is 1. The topological polar surface area (TPSA) is 61.2 Å². The molecule has 16 heavy (non-hydrogen) atoms. The molecule has 0 aromatic carbocycles. The molecule has 5 heteroatoms. The zero-order valence-corrected chi connectivity index (χ0v) is 10.4. The highest BCUT2D eigenvalue weighted by Gasteiger charge is 2.13. The third-order valence-electron chi connectivity index (χ3n) is 1.90. The van der Waals surface area contributed by atoms with Crippen molar-refractivity contribution in [1.82, 2.24) is 9.55 Å². The molecule has 0 atom stereocenters. The molecule has 0 unspecified atom stereocenters. The van der Waals surface area contributed by atoms with Gasteiger partial charge in [-0.2, -0.15) is 0 Å². The van der Waals surface area contributed by atoms with Crippen molar-refractivity contribution >= 4 is 5.97 Å². The Kier molecular flexibility index (Phi) is 6.07. The molecule has 1 rings (SSSR count). The Balaban J connectivity index is 0.00000106. The predicted molar refractivity (Wildman–Crippen MR) is 61.5 cm³/mol. The Labute approximate surface area is 95.1 Å². The van der Waals surface area contributed by atoms with Gasteiger partial charge >= 0.3 is 5.97 Å². The van der Waals surface area contributed by atoms with Crippen LogP contribution in [0.25, 0.3) is 0 Å². The zero-order chi connectivity index (χ0) is 12.7. The Bertz CT molecular complexity index is 410. The first-order valence-electron chi connectivity index (χ1n) is 5.27. The van der Waals surface area contributed by atoms with E-state index in [-0.39, 0.29) is 17.7 Å². The number of hydrogen-bond donors (Lipinski definition) is 0. The summed E-state index contributed by atoms with van der Waals surface area (Å²) in [6.07, 6.45) is 1.25. The molecule has 0 aliphatic carbocycles. The smallest absolute Gasteiger partial charge is 0.345 e. The lowest BCUT2D eigenvalue weighted by Crippen LogP contribution is -2.27. The summed E-state index contributed by atoms with van der Waals surface area (Å²) in [5, 5.41) is 0. The third-order valence-corrected chi connectivity index (χ3v) is 1.90. The number of nitrogens with zero attached hydrogens (tertiary/aromatic N) is 2. The lowest BCUT2D eigenvalue weighted by atomic mass is 10.3. The number of ether oxygens (including phenoxy) is 1. The van der Waals surface area contributed by atoms with Gasteiger partial charge in [0.1, 0.15) is 11.4 Å². The SMILES string of the molecule is CC.CCOC(=O)c1cnc(C)n(C)c1=O. The molecule has 0 N–H and O–H groups in total. The second kappa shape index (κ2) is 6.76. The molecule has 1 aromatic heterocycles. The number of rotatable bonds is 2. The van der Waals surface area contributed by atoms with E-state index in [0.29, 0.717) is 5.82 Å². The summed E-state index contributed by atoms with van der Waals surface area (Å²) in [5.74, 6) is -0.0661. The van der Waals surface area contributed by atoms with Crippen molar-refractivity contribution < 1.29 is 9.53 Å². The largest absolute Gasteiger partial charge is 0.462 e. The third kappa shape index (κ3) is 3.18. The summed E-state index contributed by atoms with van der Waals surface area (Å²) in [4.78, 5) is 26.7. The van der Waals surface area contributed by atoms with Gasteiger partial charge < -0.3 is 4.74 Å². The van der Waals surface area contributed by atoms with Crippen molar-refractivity contribution in [2.24, 2.45) is 7.05 Å². The van der Waals surface area contributed by atoms with E-state index in [2.05, 4.69) is 4.98 Å². The fourth-order valence-electron chi connectivity index (χ4n) is 0.976. The van der Waals surface area contributed by atoms with Crippen LogP contribution in [0, 0.1) is 6.92 Å². The lowest BCUT2D eigenvalue weighted by Gasteiger charge is -2.04. The van der Waals surface area contributed by atoms with Crippen LogP contribution >= 0.6 is 0 Å². The predicted octanol–water partition coefficient (Wildman–Crippen LogP) is 1.29. The fourth-order valence-corrected chi connectivity index (χ4v) is 0.976. The highest BCUT2D eigenvalue weighted by molar-refractivity contribution is 5.88. The molecule has 0 amide bonds. The van der Waals surface area contributed by atoms with Gasteiger partial charge in [-0.15, -0.1) is 0 Å². The molecule has 1 aromatic rings. The number of esters is 1. The van der Waals surface area contributed by atoms with Crippen LogP contribution in [0.2, 0.25) is 0 Å². The molecule has 0 saturated carbocycles. The maximum absolute atomic E-state index is 11.5. The quantitative estimate of drug-likeness (QED) is 0.713. The van der Waals surface area contributed by atoms with Gasteiger partial charge in [-0.1, -0.05) is 13.8 Å². The molecule has 5 nitrogen and oxygen atoms in total. The van der Waals surface area contributed by atoms with Crippen LogP contribution in [0.1, 0.15) is 37.0 Å². The minimum atomic E-state index is -0.624. The zero-order valence-electron chi connectivity index (χ0n) is 10.4. The van der Waals surface area contributed by atoms with Crippen LogP contribution in [0.5, 0.6) is 0 Å². The van der Waals surface area contributed by atoms with E-state index in [0.717, 1.165) is 0 Å². The van der Waals surface area contributed by atoms with Crippen molar-refractivity contribution in [3.05, 3.63) is 27.9 Å². The Morgan fingerprint density at radius 1 is 1.50 bits per heavy atom. The highest BCUT2D eigenvalue weighted by atomic mass is 16.5. The van der Waals surface area contributed by atoms with Crippen molar-refractivity contribution in [3.63, 3.8) is 0 Å². The van der Waals surface area contributed by atoms with Crippen molar-refractivity contribution in [2.45, 2.75) is 27.7 Å². The van der Waals surface area contributed by atoms with E-state index in [4.69, 9.17) is 4.74 Å². The molecule has 0 radical (unpaired) electrons. The first kappa shape index (κ1) is 14.3. The van der Waals surface area contributed by atoms with Crippen molar-refractivity contribution in [2.75, 3.05) is 6.61 Å². The summed E-state index contributed by atoms with van der Waals surface area (Å²) in [6.45, 7) is 7.62. The first-order valence-corrected chi connectivity index (χ1v) is 5.27. The van der Waals surface area contributed by atoms with E-state index in [1.165, 1.54) is 10.8 Å². The second-order valence-corrected chi connectivity index (χ2v) is 2.80. The van der Waals surface area contributed by atoms with E-state index in [1.807, 2.05) is 13.8 Å². The van der Waals surface area contributed by atoms with Gasteiger partial charge in [0.25, 0.3) is 5.56 Å². The first-order chi connectivity index (χ1) is 7.57. The number of hydrogen-bond acceptors (Lipinski definition) is 4. The van der Waals surface area contributed by atoms with E-state index in [1.54, 1.807) is 20.9 Å². The number of aryl methyl sites for hydroxylation is 1. The molecule has 1 heterocycles. The monoisotopic (exact) mass is 226 g/mol. The van der Waals surface area contributed by atoms with Gasteiger partial charge in [0.2, 0.25) is 0 Å². The molecule has 0 spiro atoms. The van der Waals surface area contributed by atoms with Crippen LogP contribution in [0.15, 0.2) is 11.0 Å². The van der Waals surface area contributed by atoms with Crippen molar-refractivity contribution in [3.8, 4) is 0 Å². The lowest BCUT2D eigenvalue weighted by molar-refractivity contribution is 0.0523. The molecule has 0 aliphatic heterocycles.